The van der Waals surface area contributed by atoms with E-state index in [1.54, 1.807) is 4.90 Å². The van der Waals surface area contributed by atoms with Gasteiger partial charge in [-0.15, -0.1) is 0 Å². The number of benzene rings is 1. The Bertz CT molecular complexity index is 774. The summed E-state index contributed by atoms with van der Waals surface area (Å²) < 4.78 is 0. The van der Waals surface area contributed by atoms with Gasteiger partial charge in [-0.1, -0.05) is 45.7 Å². The van der Waals surface area contributed by atoms with Crippen LogP contribution < -0.4 is 4.90 Å². The number of nitrogens with zero attached hydrogens (tertiary/aromatic N) is 2. The molecule has 27 heavy (non-hydrogen) atoms. The second-order valence-electron chi connectivity index (χ2n) is 8.01. The maximum atomic E-state index is 12.6. The Balaban J connectivity index is 3.09. The number of fused-ring (bicyclic) bond motifs is 1. The van der Waals surface area contributed by atoms with Crippen molar-refractivity contribution in [3.63, 3.8) is 0 Å². The number of carbonyl (C=O) groups is 1. The number of hydrogen-bond acceptors (Lipinski definition) is 4. The van der Waals surface area contributed by atoms with Gasteiger partial charge in [0.05, 0.1) is 27.7 Å². The summed E-state index contributed by atoms with van der Waals surface area (Å²) in [6.07, 6.45) is 6.84. The molecule has 2 rings (SSSR count). The highest BCUT2D eigenvalue weighted by Gasteiger charge is 2.59. The van der Waals surface area contributed by atoms with Gasteiger partial charge in [-0.3, -0.25) is 14.6 Å². The molecule has 1 aromatic rings. The monoisotopic (exact) mass is 403 g/mol. The summed E-state index contributed by atoms with van der Waals surface area (Å²) in [6, 6.07) is 6.29. The first-order valence-corrected chi connectivity index (χ1v) is 10.1. The van der Waals surface area contributed by atoms with E-state index in [9.17, 15) is 9.90 Å². The van der Waals surface area contributed by atoms with E-state index in [4.69, 9.17) is 18.0 Å². The maximum Gasteiger partial charge on any atom is 0.165 e. The van der Waals surface area contributed by atoms with E-state index in [2.05, 4.69) is 30.1 Å². The van der Waals surface area contributed by atoms with Gasteiger partial charge in [-0.2, -0.15) is 0 Å². The Labute approximate surface area is 171 Å². The van der Waals surface area contributed by atoms with Crippen molar-refractivity contribution in [2.45, 2.75) is 64.3 Å². The van der Waals surface area contributed by atoms with Crippen molar-refractivity contribution in [2.75, 3.05) is 11.5 Å². The molecule has 0 bridgehead atoms. The van der Waals surface area contributed by atoms with Gasteiger partial charge >= 0.3 is 0 Å². The van der Waals surface area contributed by atoms with Gasteiger partial charge < -0.3 is 5.11 Å². The van der Waals surface area contributed by atoms with Crippen LogP contribution in [0.3, 0.4) is 0 Å². The molecule has 1 aromatic carbocycles. The number of aldehydes is 1. The lowest BCUT2D eigenvalue weighted by atomic mass is 9.80. The highest BCUT2D eigenvalue weighted by Crippen LogP contribution is 2.52. The quantitative estimate of drug-likeness (QED) is 0.464. The number of terminal acetylenes is 1. The molecule has 0 spiro atoms. The van der Waals surface area contributed by atoms with Gasteiger partial charge in [0, 0.05) is 22.7 Å². The van der Waals surface area contributed by atoms with Crippen molar-refractivity contribution in [2.24, 2.45) is 5.92 Å². The van der Waals surface area contributed by atoms with Gasteiger partial charge in [0.25, 0.3) is 0 Å². The Hall–Kier alpha value is -1.32. The normalized spacial score (nSPS) is 25.8. The maximum absolute atomic E-state index is 12.6. The van der Waals surface area contributed by atoms with E-state index in [0.717, 1.165) is 17.4 Å². The SMILES string of the molecule is C#CN1c2ccc(Cl)c(C(C)C)c2C([Si])(CO)N(C(C)C)C1(C=O)C(C)C. The van der Waals surface area contributed by atoms with Gasteiger partial charge in [0.2, 0.25) is 0 Å². The molecular weight excluding hydrogens is 376 g/mol. The van der Waals surface area contributed by atoms with E-state index in [-0.39, 0.29) is 24.5 Å². The molecular formula is C21H28ClN2O2Si. The second kappa shape index (κ2) is 7.60. The number of aliphatic hydroxyl groups excluding tert-OH is 1. The van der Waals surface area contributed by atoms with Crippen molar-refractivity contribution in [1.82, 2.24) is 4.90 Å². The molecule has 6 heteroatoms. The van der Waals surface area contributed by atoms with Crippen LogP contribution in [0.5, 0.6) is 0 Å². The molecule has 0 amide bonds. The summed E-state index contributed by atoms with van der Waals surface area (Å²) in [5.41, 5.74) is 1.32. The van der Waals surface area contributed by atoms with Gasteiger partial charge in [-0.25, -0.2) is 0 Å². The van der Waals surface area contributed by atoms with Crippen LogP contribution in [0.25, 0.3) is 0 Å². The Morgan fingerprint density at radius 3 is 2.26 bits per heavy atom. The molecule has 0 saturated carbocycles. The third-order valence-electron chi connectivity index (χ3n) is 5.45. The number of carbonyl (C=O) groups excluding carboxylic acids is 1. The first kappa shape index (κ1) is 22.0. The molecule has 2 unspecified atom stereocenters. The van der Waals surface area contributed by atoms with Crippen LogP contribution in [0, 0.1) is 18.4 Å². The summed E-state index contributed by atoms with van der Waals surface area (Å²) in [5.74, 6) is -0.0341. The van der Waals surface area contributed by atoms with Crippen LogP contribution in [-0.4, -0.2) is 44.8 Å². The molecule has 1 aliphatic rings. The van der Waals surface area contributed by atoms with Crippen molar-refractivity contribution in [3.8, 4) is 12.5 Å². The average Bonchev–Trinajstić information content (AvgIpc) is 2.60. The van der Waals surface area contributed by atoms with Crippen LogP contribution in [0.1, 0.15) is 58.6 Å². The third kappa shape index (κ3) is 2.94. The molecule has 1 N–H and O–H groups in total. The lowest BCUT2D eigenvalue weighted by Crippen LogP contribution is -2.75. The number of anilines is 1. The molecule has 0 fully saturated rings. The fourth-order valence-electron chi connectivity index (χ4n) is 4.46. The first-order chi connectivity index (χ1) is 12.5. The predicted octanol–water partition coefficient (Wildman–Crippen LogP) is 3.45. The van der Waals surface area contributed by atoms with Gasteiger partial charge in [-0.05, 0) is 43.4 Å². The summed E-state index contributed by atoms with van der Waals surface area (Å²) >= 11 is 6.56. The van der Waals surface area contributed by atoms with Crippen molar-refractivity contribution in [3.05, 3.63) is 28.3 Å². The van der Waals surface area contributed by atoms with Crippen LogP contribution in [0.15, 0.2) is 12.1 Å². The third-order valence-corrected chi connectivity index (χ3v) is 6.43. The molecule has 0 saturated heterocycles. The second-order valence-corrected chi connectivity index (χ2v) is 9.25. The van der Waals surface area contributed by atoms with E-state index in [1.807, 2.05) is 44.7 Å². The van der Waals surface area contributed by atoms with E-state index < -0.39 is 10.8 Å². The Kier molecular flexibility index (Phi) is 6.18. The minimum atomic E-state index is -1.12. The number of hydrogen-bond donors (Lipinski definition) is 1. The van der Waals surface area contributed by atoms with E-state index >= 15 is 0 Å². The smallest absolute Gasteiger partial charge is 0.165 e. The number of aliphatic hydroxyl groups is 1. The molecule has 2 atom stereocenters. The largest absolute Gasteiger partial charge is 0.394 e. The summed E-state index contributed by atoms with van der Waals surface area (Å²) in [7, 11) is 3.89. The fraction of sp³-hybridized carbons (Fsp3) is 0.571. The van der Waals surface area contributed by atoms with Gasteiger partial charge in [0.15, 0.2) is 11.9 Å². The van der Waals surface area contributed by atoms with Crippen molar-refractivity contribution in [1.29, 1.82) is 0 Å². The lowest BCUT2D eigenvalue weighted by molar-refractivity contribution is -0.131. The van der Waals surface area contributed by atoms with Gasteiger partial charge in [0.1, 0.15) is 0 Å². The van der Waals surface area contributed by atoms with Crippen LogP contribution in [0.4, 0.5) is 5.69 Å². The molecule has 3 radical (unpaired) electrons. The van der Waals surface area contributed by atoms with Crippen LogP contribution in [-0.2, 0) is 9.96 Å². The summed E-state index contributed by atoms with van der Waals surface area (Å²) in [5, 5.41) is 10.2. The highest BCUT2D eigenvalue weighted by atomic mass is 35.5. The zero-order chi connectivity index (χ0) is 20.7. The van der Waals surface area contributed by atoms with Crippen LogP contribution in [0.2, 0.25) is 5.02 Å². The summed E-state index contributed by atoms with van der Waals surface area (Å²) in [6.45, 7) is 11.8. The Morgan fingerprint density at radius 1 is 1.30 bits per heavy atom. The standard InChI is InChI=1S/C21H28ClN2O2Si/c1-8-23-17-10-9-16(22)18(13(2)3)19(17)21(27,12-26)24(15(6)7)20(23,11-25)14(4)5/h1,9-11,13-15,26H,12H2,2-7H3. The minimum absolute atomic E-state index is 0.0924. The topological polar surface area (TPSA) is 43.8 Å². The number of rotatable bonds is 5. The minimum Gasteiger partial charge on any atom is -0.394 e. The molecule has 0 aromatic heterocycles. The zero-order valence-corrected chi connectivity index (χ0v) is 18.6. The first-order valence-electron chi connectivity index (χ1n) is 9.25. The van der Waals surface area contributed by atoms with E-state index in [1.165, 1.54) is 0 Å². The molecule has 145 valence electrons. The van der Waals surface area contributed by atoms with E-state index in [0.29, 0.717) is 10.7 Å². The molecule has 1 aliphatic heterocycles. The predicted molar refractivity (Wildman–Crippen MR) is 112 cm³/mol. The zero-order valence-electron chi connectivity index (χ0n) is 16.9. The average molecular weight is 404 g/mol. The highest BCUT2D eigenvalue weighted by molar-refractivity contribution is 6.32. The van der Waals surface area contributed by atoms with Crippen molar-refractivity contribution >= 4 is 33.8 Å². The molecule has 1 heterocycles. The molecule has 4 nitrogen and oxygen atoms in total. The Morgan fingerprint density at radius 2 is 1.89 bits per heavy atom. The number of halogens is 1. The van der Waals surface area contributed by atoms with Crippen molar-refractivity contribution < 1.29 is 9.90 Å². The molecule has 0 aliphatic carbocycles. The summed E-state index contributed by atoms with van der Waals surface area (Å²) in [4.78, 5) is 16.3. The lowest BCUT2D eigenvalue weighted by Gasteiger charge is -2.61. The van der Waals surface area contributed by atoms with Crippen LogP contribution >= 0.6 is 11.6 Å². The fourth-order valence-corrected chi connectivity index (χ4v) is 5.54.